The Labute approximate surface area is 61.0 Å². The van der Waals surface area contributed by atoms with Gasteiger partial charge in [0, 0.05) is 0 Å². The summed E-state index contributed by atoms with van der Waals surface area (Å²) in [7, 11) is 0. The fourth-order valence-electron chi connectivity index (χ4n) is 0. The molecule has 0 saturated carbocycles. The van der Waals surface area contributed by atoms with E-state index in [1.807, 2.05) is 0 Å². The van der Waals surface area contributed by atoms with Crippen molar-refractivity contribution in [2.75, 3.05) is 0 Å². The third kappa shape index (κ3) is 59.1. The van der Waals surface area contributed by atoms with Crippen LogP contribution in [0.1, 0.15) is 0 Å². The molecule has 6 heavy (non-hydrogen) atoms. The summed E-state index contributed by atoms with van der Waals surface area (Å²) < 4.78 is 27.5. The van der Waals surface area contributed by atoms with Gasteiger partial charge in [-0.1, -0.05) is 0 Å². The van der Waals surface area contributed by atoms with Gasteiger partial charge in [0.1, 0.15) is 0 Å². The summed E-state index contributed by atoms with van der Waals surface area (Å²) in [5.41, 5.74) is 0.693. The summed E-state index contributed by atoms with van der Waals surface area (Å²) in [5.74, 6) is 0. The standard InChI is InChI=1S/CH5AsO3.Na/c1-2(3,4)5;/h1H3,(H2,3,4,5);/q;+1/p-2. The molecule has 0 aliphatic heterocycles. The van der Waals surface area contributed by atoms with E-state index in [2.05, 4.69) is 0 Å². The van der Waals surface area contributed by atoms with E-state index in [0.29, 0.717) is 5.71 Å². The Morgan fingerprint density at radius 3 is 1.50 bits per heavy atom. The molecule has 0 heterocycles. The van der Waals surface area contributed by atoms with Gasteiger partial charge >= 0.3 is 61.4 Å². The van der Waals surface area contributed by atoms with Crippen molar-refractivity contribution in [2.24, 2.45) is 0 Å². The Morgan fingerprint density at radius 1 is 1.50 bits per heavy atom. The molecule has 0 aromatic heterocycles. The van der Waals surface area contributed by atoms with Crippen LogP contribution in [-0.2, 0) is 3.74 Å². The van der Waals surface area contributed by atoms with Crippen LogP contribution in [0, 0.1) is 0 Å². The van der Waals surface area contributed by atoms with E-state index in [1.165, 1.54) is 0 Å². The Balaban J connectivity index is 0. The van der Waals surface area contributed by atoms with Gasteiger partial charge in [0.2, 0.25) is 0 Å². The molecule has 0 aromatic rings. The predicted octanol–water partition coefficient (Wildman–Crippen LogP) is -5.29. The molecule has 0 N–H and O–H groups in total. The van der Waals surface area contributed by atoms with Crippen LogP contribution in [0.25, 0.3) is 0 Å². The Kier molecular flexibility index (Phi) is 5.67. The van der Waals surface area contributed by atoms with Crippen molar-refractivity contribution < 1.29 is 41.5 Å². The third-order valence-corrected chi connectivity index (χ3v) is 0. The molecule has 0 aliphatic rings. The van der Waals surface area contributed by atoms with Gasteiger partial charge in [-0.15, -0.1) is 0 Å². The molecule has 0 amide bonds. The molecule has 0 aromatic carbocycles. The first kappa shape index (κ1) is 10.3. The maximum atomic E-state index is 9.16. The van der Waals surface area contributed by atoms with Crippen molar-refractivity contribution in [1.82, 2.24) is 0 Å². The molecule has 32 valence electrons. The molecule has 0 bridgehead atoms. The van der Waals surface area contributed by atoms with Gasteiger partial charge < -0.3 is 0 Å². The minimum Gasteiger partial charge on any atom is 1.00 e. The molecule has 5 heteroatoms. The Bertz CT molecular complexity index is 56.9. The molecule has 0 atom stereocenters. The SMILES string of the molecule is C[As](=O)([O-])[O-].[Na+]. The van der Waals surface area contributed by atoms with E-state index in [0.717, 1.165) is 0 Å². The van der Waals surface area contributed by atoms with E-state index in [4.69, 9.17) is 11.9 Å². The summed E-state index contributed by atoms with van der Waals surface area (Å²) in [6, 6.07) is 0. The van der Waals surface area contributed by atoms with Gasteiger partial charge in [0.05, 0.1) is 0 Å². The van der Waals surface area contributed by atoms with Crippen LogP contribution in [0.15, 0.2) is 0 Å². The Morgan fingerprint density at radius 2 is 1.50 bits per heavy atom. The quantitative estimate of drug-likeness (QED) is 0.333. The molecule has 0 saturated heterocycles. The first-order valence-corrected chi connectivity index (χ1v) is 5.17. The van der Waals surface area contributed by atoms with Gasteiger partial charge in [-0.3, -0.25) is 0 Å². The summed E-state index contributed by atoms with van der Waals surface area (Å²) in [6.07, 6.45) is 0. The van der Waals surface area contributed by atoms with Crippen LogP contribution in [0.3, 0.4) is 0 Å². The average Bonchev–Trinajstić information content (AvgIpc) is 0.722. The zero-order valence-electron chi connectivity index (χ0n) is 3.67. The average molecular weight is 161 g/mol. The smallest absolute Gasteiger partial charge is 1.00 e. The number of rotatable bonds is 0. The second-order valence-corrected chi connectivity index (χ2v) is 4.01. The summed E-state index contributed by atoms with van der Waals surface area (Å²) in [4.78, 5) is 0. The van der Waals surface area contributed by atoms with E-state index in [9.17, 15) is 0 Å². The summed E-state index contributed by atoms with van der Waals surface area (Å²) in [5, 5.41) is 0. The van der Waals surface area contributed by atoms with Crippen LogP contribution in [0.5, 0.6) is 0 Å². The molecule has 0 spiro atoms. The van der Waals surface area contributed by atoms with Gasteiger partial charge in [0.25, 0.3) is 0 Å². The molecular weight excluding hydrogens is 158 g/mol. The van der Waals surface area contributed by atoms with Crippen LogP contribution in [0.4, 0.5) is 0 Å². The minimum absolute atomic E-state index is 0. The number of hydrogen-bond donors (Lipinski definition) is 0. The molecule has 0 fully saturated rings. The zero-order valence-corrected chi connectivity index (χ0v) is 7.55. The fourth-order valence-corrected chi connectivity index (χ4v) is 0. The van der Waals surface area contributed by atoms with E-state index >= 15 is 0 Å². The second-order valence-electron chi connectivity index (χ2n) is 0.771. The van der Waals surface area contributed by atoms with Crippen molar-refractivity contribution in [2.45, 2.75) is 5.71 Å². The van der Waals surface area contributed by atoms with E-state index in [-0.39, 0.29) is 29.6 Å². The molecular formula is CH3AsNaO3-. The van der Waals surface area contributed by atoms with Crippen molar-refractivity contribution >= 4 is 14.2 Å². The molecule has 3 nitrogen and oxygen atoms in total. The summed E-state index contributed by atoms with van der Waals surface area (Å²) in [6.45, 7) is 0. The van der Waals surface area contributed by atoms with Gasteiger partial charge in [-0.2, -0.15) is 0 Å². The number of hydrogen-bond acceptors (Lipinski definition) is 3. The minimum atomic E-state index is -4.62. The van der Waals surface area contributed by atoms with Crippen molar-refractivity contribution in [3.63, 3.8) is 0 Å². The fraction of sp³-hybridized carbons (Fsp3) is 1.00. The maximum Gasteiger partial charge on any atom is 1.00 e. The third-order valence-electron chi connectivity index (χ3n) is 0. The molecule has 0 unspecified atom stereocenters. The van der Waals surface area contributed by atoms with Crippen LogP contribution in [0.2, 0.25) is 5.71 Å². The van der Waals surface area contributed by atoms with Gasteiger partial charge in [0.15, 0.2) is 0 Å². The van der Waals surface area contributed by atoms with Gasteiger partial charge in [-0.05, 0) is 0 Å². The topological polar surface area (TPSA) is 63.2 Å². The first-order valence-electron chi connectivity index (χ1n) is 0.995. The predicted molar refractivity (Wildman–Crippen MR) is 12.3 cm³/mol. The van der Waals surface area contributed by atoms with E-state index < -0.39 is 14.2 Å². The summed E-state index contributed by atoms with van der Waals surface area (Å²) >= 11 is -4.62. The molecule has 0 rings (SSSR count). The normalized spacial score (nSPS) is 9.83. The first-order chi connectivity index (χ1) is 2.00. The molecule has 0 radical (unpaired) electrons. The van der Waals surface area contributed by atoms with Crippen LogP contribution in [-0.4, -0.2) is 14.2 Å². The monoisotopic (exact) mass is 161 g/mol. The molecule has 0 aliphatic carbocycles. The van der Waals surface area contributed by atoms with E-state index in [1.54, 1.807) is 0 Å². The van der Waals surface area contributed by atoms with Crippen LogP contribution >= 0.6 is 0 Å². The van der Waals surface area contributed by atoms with Crippen molar-refractivity contribution in [3.05, 3.63) is 0 Å². The van der Waals surface area contributed by atoms with Crippen molar-refractivity contribution in [3.8, 4) is 0 Å². The maximum absolute atomic E-state index is 9.16. The van der Waals surface area contributed by atoms with Gasteiger partial charge in [-0.25, -0.2) is 0 Å². The Hall–Kier alpha value is 1.28. The van der Waals surface area contributed by atoms with Crippen LogP contribution < -0.4 is 37.7 Å². The largest absolute Gasteiger partial charge is 1.00 e. The van der Waals surface area contributed by atoms with Crippen molar-refractivity contribution in [1.29, 1.82) is 0 Å². The second kappa shape index (κ2) is 3.30. The zero-order chi connectivity index (χ0) is 4.50.